The van der Waals surface area contributed by atoms with Gasteiger partial charge in [0, 0.05) is 29.3 Å². The van der Waals surface area contributed by atoms with E-state index in [0.29, 0.717) is 11.5 Å². The molecule has 1 aromatic carbocycles. The molecule has 0 aliphatic rings. The van der Waals surface area contributed by atoms with E-state index in [1.807, 2.05) is 12.3 Å². The van der Waals surface area contributed by atoms with E-state index in [2.05, 4.69) is 4.98 Å². The van der Waals surface area contributed by atoms with Crippen molar-refractivity contribution in [3.05, 3.63) is 78.3 Å². The zero-order valence-corrected chi connectivity index (χ0v) is 16.6. The van der Waals surface area contributed by atoms with E-state index >= 15 is 0 Å². The van der Waals surface area contributed by atoms with E-state index in [1.54, 1.807) is 0 Å². The molecule has 28 heavy (non-hydrogen) atoms. The van der Waals surface area contributed by atoms with E-state index in [1.165, 1.54) is 35.2 Å². The Morgan fingerprint density at radius 1 is 1.43 bits per heavy atom. The fourth-order valence-electron chi connectivity index (χ4n) is 2.06. The van der Waals surface area contributed by atoms with Crippen LogP contribution >= 0.6 is 34.7 Å². The van der Waals surface area contributed by atoms with Crippen molar-refractivity contribution >= 4 is 46.4 Å². The lowest BCUT2D eigenvalue weighted by Gasteiger charge is -2.06. The number of carbonyl (C=O) groups excluding carboxylic acids is 1. The van der Waals surface area contributed by atoms with Crippen molar-refractivity contribution in [1.82, 2.24) is 4.98 Å². The second-order valence-corrected chi connectivity index (χ2v) is 7.92. The van der Waals surface area contributed by atoms with Crippen LogP contribution in [0.3, 0.4) is 0 Å². The number of thioether (sulfide) groups is 1. The SMILES string of the molecule is Cc1csc(SCc2cc(=O)c(OC(=O)c3cc([N+](=O)[O-])ccc3Cl)co2)n1. The number of esters is 1. The fraction of sp³-hybridized carbons (Fsp3) is 0.118. The highest BCUT2D eigenvalue weighted by Crippen LogP contribution is 2.26. The number of thiazole rings is 1. The third-order valence-corrected chi connectivity index (χ3v) is 5.86. The molecule has 0 radical (unpaired) electrons. The molecule has 3 aromatic rings. The van der Waals surface area contributed by atoms with Crippen molar-refractivity contribution in [2.24, 2.45) is 0 Å². The van der Waals surface area contributed by atoms with Crippen molar-refractivity contribution in [1.29, 1.82) is 0 Å². The Kier molecular flexibility index (Phi) is 6.12. The summed E-state index contributed by atoms with van der Waals surface area (Å²) < 4.78 is 11.2. The van der Waals surface area contributed by atoms with Gasteiger partial charge in [0.15, 0.2) is 4.34 Å². The van der Waals surface area contributed by atoms with Gasteiger partial charge in [-0.25, -0.2) is 9.78 Å². The van der Waals surface area contributed by atoms with Gasteiger partial charge < -0.3 is 9.15 Å². The summed E-state index contributed by atoms with van der Waals surface area (Å²) in [5, 5.41) is 12.7. The number of benzene rings is 1. The Morgan fingerprint density at radius 2 is 2.21 bits per heavy atom. The number of aromatic nitrogens is 1. The monoisotopic (exact) mass is 438 g/mol. The summed E-state index contributed by atoms with van der Waals surface area (Å²) in [5.74, 6) is -0.573. The summed E-state index contributed by atoms with van der Waals surface area (Å²) in [6.45, 7) is 1.89. The predicted octanol–water partition coefficient (Wildman–Crippen LogP) is 4.48. The Hall–Kier alpha value is -2.69. The van der Waals surface area contributed by atoms with Gasteiger partial charge in [0.1, 0.15) is 12.0 Å². The highest BCUT2D eigenvalue weighted by molar-refractivity contribution is 8.00. The summed E-state index contributed by atoms with van der Waals surface area (Å²) in [6, 6.07) is 4.56. The standard InChI is InChI=1S/C17H11ClN2O6S2/c1-9-7-27-17(19-9)28-8-11-5-14(21)15(6-25-11)26-16(22)12-4-10(20(23)24)2-3-13(12)18/h2-7H,8H2,1H3. The number of hydrogen-bond acceptors (Lipinski definition) is 9. The van der Waals surface area contributed by atoms with Crippen molar-refractivity contribution < 1.29 is 18.9 Å². The van der Waals surface area contributed by atoms with Gasteiger partial charge in [-0.3, -0.25) is 14.9 Å². The molecule has 0 spiro atoms. The van der Waals surface area contributed by atoms with E-state index in [0.717, 1.165) is 28.4 Å². The van der Waals surface area contributed by atoms with Gasteiger partial charge >= 0.3 is 5.97 Å². The molecule has 0 unspecified atom stereocenters. The zero-order chi connectivity index (χ0) is 20.3. The van der Waals surface area contributed by atoms with Crippen LogP contribution in [0, 0.1) is 17.0 Å². The molecule has 3 rings (SSSR count). The van der Waals surface area contributed by atoms with Crippen LogP contribution in [0.4, 0.5) is 5.69 Å². The lowest BCUT2D eigenvalue weighted by Crippen LogP contribution is -2.15. The van der Waals surface area contributed by atoms with Crippen molar-refractivity contribution in [3.8, 4) is 5.75 Å². The van der Waals surface area contributed by atoms with Crippen molar-refractivity contribution in [2.75, 3.05) is 0 Å². The van der Waals surface area contributed by atoms with Crippen LogP contribution in [0.25, 0.3) is 0 Å². The van der Waals surface area contributed by atoms with Crippen LogP contribution in [0.2, 0.25) is 5.02 Å². The second kappa shape index (κ2) is 8.55. The number of nitrogens with zero attached hydrogens (tertiary/aromatic N) is 2. The number of non-ortho nitro benzene ring substituents is 1. The van der Waals surface area contributed by atoms with E-state index in [4.69, 9.17) is 20.8 Å². The molecule has 11 heteroatoms. The van der Waals surface area contributed by atoms with Gasteiger partial charge in [-0.2, -0.15) is 0 Å². The Balaban J connectivity index is 1.72. The lowest BCUT2D eigenvalue weighted by atomic mass is 10.2. The molecule has 8 nitrogen and oxygen atoms in total. The number of carbonyl (C=O) groups is 1. The smallest absolute Gasteiger partial charge is 0.345 e. The van der Waals surface area contributed by atoms with Crippen LogP contribution in [0.15, 0.2) is 49.5 Å². The Bertz CT molecular complexity index is 1110. The summed E-state index contributed by atoms with van der Waals surface area (Å²) in [6.07, 6.45) is 1.02. The molecule has 0 saturated heterocycles. The summed E-state index contributed by atoms with van der Waals surface area (Å²) in [5.41, 5.74) is -0.203. The first-order valence-corrected chi connectivity index (χ1v) is 9.90. The van der Waals surface area contributed by atoms with Gasteiger partial charge in [-0.1, -0.05) is 23.4 Å². The Morgan fingerprint density at radius 3 is 2.86 bits per heavy atom. The fourth-order valence-corrected chi connectivity index (χ4v) is 3.99. The quantitative estimate of drug-likeness (QED) is 0.239. The van der Waals surface area contributed by atoms with Gasteiger partial charge in [-0.05, 0) is 13.0 Å². The molecule has 144 valence electrons. The number of hydrogen-bond donors (Lipinski definition) is 0. The van der Waals surface area contributed by atoms with Crippen molar-refractivity contribution in [2.45, 2.75) is 17.0 Å². The molecule has 0 atom stereocenters. The minimum Gasteiger partial charge on any atom is -0.464 e. The third kappa shape index (κ3) is 4.77. The zero-order valence-electron chi connectivity index (χ0n) is 14.2. The summed E-state index contributed by atoms with van der Waals surface area (Å²) in [7, 11) is 0. The highest BCUT2D eigenvalue weighted by atomic mass is 35.5. The normalized spacial score (nSPS) is 10.6. The maximum absolute atomic E-state index is 12.2. The first-order valence-electron chi connectivity index (χ1n) is 7.66. The summed E-state index contributed by atoms with van der Waals surface area (Å²) >= 11 is 8.80. The molecule has 0 saturated carbocycles. The van der Waals surface area contributed by atoms with Crippen LogP contribution in [-0.2, 0) is 5.75 Å². The van der Waals surface area contributed by atoms with E-state index < -0.39 is 16.3 Å². The van der Waals surface area contributed by atoms with E-state index in [-0.39, 0.29) is 22.0 Å². The number of rotatable bonds is 6. The summed E-state index contributed by atoms with van der Waals surface area (Å²) in [4.78, 5) is 38.9. The van der Waals surface area contributed by atoms with Crippen LogP contribution in [-0.4, -0.2) is 15.9 Å². The maximum atomic E-state index is 12.2. The van der Waals surface area contributed by atoms with Gasteiger partial charge in [0.2, 0.25) is 11.2 Å². The molecule has 0 aliphatic carbocycles. The molecule has 2 aromatic heterocycles. The first kappa shape index (κ1) is 20.1. The van der Waals surface area contributed by atoms with Gasteiger partial charge in [0.25, 0.3) is 5.69 Å². The molecule has 0 amide bonds. The molecule has 0 fully saturated rings. The molecule has 2 heterocycles. The largest absolute Gasteiger partial charge is 0.464 e. The third-order valence-electron chi connectivity index (χ3n) is 3.37. The number of halogens is 1. The average Bonchev–Trinajstić information content (AvgIpc) is 3.07. The Labute approximate surface area is 171 Å². The molecule has 0 bridgehead atoms. The molecular weight excluding hydrogens is 428 g/mol. The predicted molar refractivity (Wildman–Crippen MR) is 104 cm³/mol. The molecule has 0 aliphatic heterocycles. The first-order chi connectivity index (χ1) is 13.3. The van der Waals surface area contributed by atoms with E-state index in [9.17, 15) is 19.7 Å². The molecule has 0 N–H and O–H groups in total. The topological polar surface area (TPSA) is 113 Å². The van der Waals surface area contributed by atoms with Crippen LogP contribution in [0.1, 0.15) is 21.8 Å². The number of nitro groups is 1. The van der Waals surface area contributed by atoms with Crippen LogP contribution < -0.4 is 10.2 Å². The highest BCUT2D eigenvalue weighted by Gasteiger charge is 2.19. The minimum absolute atomic E-state index is 0.0354. The van der Waals surface area contributed by atoms with Gasteiger partial charge in [0.05, 0.1) is 21.3 Å². The average molecular weight is 439 g/mol. The number of aryl methyl sites for hydroxylation is 1. The second-order valence-electron chi connectivity index (χ2n) is 5.43. The van der Waals surface area contributed by atoms with Crippen molar-refractivity contribution in [3.63, 3.8) is 0 Å². The maximum Gasteiger partial charge on any atom is 0.345 e. The van der Waals surface area contributed by atoms with Crippen LogP contribution in [0.5, 0.6) is 5.75 Å². The molecular formula is C17H11ClN2O6S2. The lowest BCUT2D eigenvalue weighted by molar-refractivity contribution is -0.384. The number of ether oxygens (including phenoxy) is 1. The number of nitro benzene ring substituents is 1. The van der Waals surface area contributed by atoms with Gasteiger partial charge in [-0.15, -0.1) is 11.3 Å². The minimum atomic E-state index is -0.999.